The molecular formula is C18H16N2O2. The zero-order valence-corrected chi connectivity index (χ0v) is 12.2. The van der Waals surface area contributed by atoms with Gasteiger partial charge < -0.3 is 9.72 Å². The number of hydrogen-bond donors (Lipinski definition) is 1. The summed E-state index contributed by atoms with van der Waals surface area (Å²) in [5.41, 5.74) is 2.37. The summed E-state index contributed by atoms with van der Waals surface area (Å²) in [6.45, 7) is 2.26. The Kier molecular flexibility index (Phi) is 4.01. The maximum absolute atomic E-state index is 11.6. The van der Waals surface area contributed by atoms with E-state index in [4.69, 9.17) is 4.74 Å². The molecular weight excluding hydrogens is 276 g/mol. The van der Waals surface area contributed by atoms with Gasteiger partial charge in [0.05, 0.1) is 5.56 Å². The van der Waals surface area contributed by atoms with Gasteiger partial charge in [-0.15, -0.1) is 0 Å². The van der Waals surface area contributed by atoms with Gasteiger partial charge in [0, 0.05) is 11.8 Å². The number of ether oxygens (including phenoxy) is 1. The van der Waals surface area contributed by atoms with E-state index in [-0.39, 0.29) is 5.56 Å². The number of aromatic nitrogens is 2. The average Bonchev–Trinajstić information content (AvgIpc) is 2.53. The van der Waals surface area contributed by atoms with E-state index in [1.165, 1.54) is 6.07 Å². The lowest BCUT2D eigenvalue weighted by molar-refractivity contribution is 0.307. The largest absolute Gasteiger partial charge is 0.488 e. The summed E-state index contributed by atoms with van der Waals surface area (Å²) in [6, 6.07) is 19.0. The zero-order valence-electron chi connectivity index (χ0n) is 12.2. The Bertz CT molecular complexity index is 826. The molecule has 0 aliphatic carbocycles. The molecule has 0 unspecified atom stereocenters. The standard InChI is InChI=1S/C18H16N2O2/c1-13-11-17(21)20-18(19-13)15-9-5-6-10-16(15)22-12-14-7-3-2-4-8-14/h2-11H,12H2,1H3,(H,19,20,21). The molecule has 4 heteroatoms. The highest BCUT2D eigenvalue weighted by molar-refractivity contribution is 5.63. The number of aryl methyl sites for hydroxylation is 1. The third-order valence-electron chi connectivity index (χ3n) is 3.25. The van der Waals surface area contributed by atoms with Gasteiger partial charge in [-0.05, 0) is 24.6 Å². The number of H-pyrrole nitrogens is 1. The monoisotopic (exact) mass is 292 g/mol. The Morgan fingerprint density at radius 3 is 2.55 bits per heavy atom. The predicted molar refractivity (Wildman–Crippen MR) is 85.8 cm³/mol. The molecule has 0 saturated heterocycles. The molecule has 3 rings (SSSR count). The predicted octanol–water partition coefficient (Wildman–Crippen LogP) is 3.32. The Balaban J connectivity index is 1.91. The van der Waals surface area contributed by atoms with Gasteiger partial charge in [-0.3, -0.25) is 4.79 Å². The van der Waals surface area contributed by atoms with Crippen molar-refractivity contribution in [3.05, 3.63) is 82.3 Å². The minimum Gasteiger partial charge on any atom is -0.488 e. The average molecular weight is 292 g/mol. The Hall–Kier alpha value is -2.88. The van der Waals surface area contributed by atoms with E-state index in [1.807, 2.05) is 54.6 Å². The molecule has 110 valence electrons. The number of hydrogen-bond acceptors (Lipinski definition) is 3. The number of rotatable bonds is 4. The summed E-state index contributed by atoms with van der Waals surface area (Å²) in [5.74, 6) is 1.22. The topological polar surface area (TPSA) is 55.0 Å². The SMILES string of the molecule is Cc1cc(=O)[nH]c(-c2ccccc2OCc2ccccc2)n1. The number of aromatic amines is 1. The van der Waals surface area contributed by atoms with Gasteiger partial charge in [-0.1, -0.05) is 42.5 Å². The molecule has 4 nitrogen and oxygen atoms in total. The highest BCUT2D eigenvalue weighted by atomic mass is 16.5. The number of benzene rings is 2. The fourth-order valence-corrected chi connectivity index (χ4v) is 2.23. The minimum atomic E-state index is -0.166. The molecule has 0 fully saturated rings. The molecule has 0 radical (unpaired) electrons. The molecule has 0 atom stereocenters. The van der Waals surface area contributed by atoms with Gasteiger partial charge in [0.25, 0.3) is 5.56 Å². The lowest BCUT2D eigenvalue weighted by atomic mass is 10.2. The molecule has 1 heterocycles. The zero-order chi connectivity index (χ0) is 15.4. The number of nitrogens with zero attached hydrogens (tertiary/aromatic N) is 1. The summed E-state index contributed by atoms with van der Waals surface area (Å²) in [6.07, 6.45) is 0. The van der Waals surface area contributed by atoms with Crippen LogP contribution in [0.1, 0.15) is 11.3 Å². The highest BCUT2D eigenvalue weighted by Crippen LogP contribution is 2.27. The van der Waals surface area contributed by atoms with Crippen molar-refractivity contribution in [2.45, 2.75) is 13.5 Å². The fourth-order valence-electron chi connectivity index (χ4n) is 2.23. The third-order valence-corrected chi connectivity index (χ3v) is 3.25. The second-order valence-corrected chi connectivity index (χ2v) is 5.01. The maximum atomic E-state index is 11.6. The van der Waals surface area contributed by atoms with E-state index in [1.54, 1.807) is 6.92 Å². The lowest BCUT2D eigenvalue weighted by Gasteiger charge is -2.11. The van der Waals surface area contributed by atoms with Crippen molar-refractivity contribution in [2.24, 2.45) is 0 Å². The second-order valence-electron chi connectivity index (χ2n) is 5.01. The first-order valence-corrected chi connectivity index (χ1v) is 7.06. The molecule has 0 spiro atoms. The van der Waals surface area contributed by atoms with Gasteiger partial charge in [-0.25, -0.2) is 4.98 Å². The van der Waals surface area contributed by atoms with Crippen LogP contribution in [0, 0.1) is 6.92 Å². The van der Waals surface area contributed by atoms with Crippen LogP contribution >= 0.6 is 0 Å². The van der Waals surface area contributed by atoms with Gasteiger partial charge in [-0.2, -0.15) is 0 Å². The highest BCUT2D eigenvalue weighted by Gasteiger charge is 2.09. The molecule has 0 amide bonds. The summed E-state index contributed by atoms with van der Waals surface area (Å²) in [7, 11) is 0. The fraction of sp³-hybridized carbons (Fsp3) is 0.111. The molecule has 1 aromatic heterocycles. The van der Waals surface area contributed by atoms with E-state index in [0.29, 0.717) is 23.9 Å². The number of para-hydroxylation sites is 1. The molecule has 0 aliphatic heterocycles. The Morgan fingerprint density at radius 2 is 1.77 bits per heavy atom. The van der Waals surface area contributed by atoms with Crippen LogP contribution in [0.2, 0.25) is 0 Å². The van der Waals surface area contributed by atoms with Crippen molar-refractivity contribution >= 4 is 0 Å². The van der Waals surface area contributed by atoms with Crippen LogP contribution in [0.25, 0.3) is 11.4 Å². The van der Waals surface area contributed by atoms with Crippen molar-refractivity contribution in [1.82, 2.24) is 9.97 Å². The first kappa shape index (κ1) is 14.1. The molecule has 0 aliphatic rings. The summed E-state index contributed by atoms with van der Waals surface area (Å²) in [4.78, 5) is 18.8. The number of nitrogens with one attached hydrogen (secondary N) is 1. The van der Waals surface area contributed by atoms with E-state index in [2.05, 4.69) is 9.97 Å². The quantitative estimate of drug-likeness (QED) is 0.802. The molecule has 2 aromatic carbocycles. The molecule has 0 saturated carbocycles. The van der Waals surface area contributed by atoms with Crippen LogP contribution in [0.4, 0.5) is 0 Å². The van der Waals surface area contributed by atoms with Crippen molar-refractivity contribution < 1.29 is 4.74 Å². The smallest absolute Gasteiger partial charge is 0.251 e. The van der Waals surface area contributed by atoms with E-state index in [0.717, 1.165) is 11.1 Å². The van der Waals surface area contributed by atoms with E-state index in [9.17, 15) is 4.79 Å². The van der Waals surface area contributed by atoms with Crippen LogP contribution in [0.15, 0.2) is 65.5 Å². The minimum absolute atomic E-state index is 0.166. The van der Waals surface area contributed by atoms with Crippen LogP contribution in [0.3, 0.4) is 0 Å². The summed E-state index contributed by atoms with van der Waals surface area (Å²) < 4.78 is 5.90. The molecule has 1 N–H and O–H groups in total. The first-order chi connectivity index (χ1) is 10.7. The van der Waals surface area contributed by atoms with Gasteiger partial charge >= 0.3 is 0 Å². The van der Waals surface area contributed by atoms with Crippen molar-refractivity contribution in [2.75, 3.05) is 0 Å². The van der Waals surface area contributed by atoms with E-state index >= 15 is 0 Å². The molecule has 0 bridgehead atoms. The van der Waals surface area contributed by atoms with Crippen molar-refractivity contribution in [3.63, 3.8) is 0 Å². The Morgan fingerprint density at radius 1 is 1.05 bits per heavy atom. The molecule has 3 aromatic rings. The van der Waals surface area contributed by atoms with E-state index < -0.39 is 0 Å². The third kappa shape index (κ3) is 3.23. The van der Waals surface area contributed by atoms with Crippen LogP contribution in [-0.4, -0.2) is 9.97 Å². The lowest BCUT2D eigenvalue weighted by Crippen LogP contribution is -2.09. The summed E-state index contributed by atoms with van der Waals surface area (Å²) in [5, 5.41) is 0. The van der Waals surface area contributed by atoms with Crippen LogP contribution < -0.4 is 10.3 Å². The molecule has 22 heavy (non-hydrogen) atoms. The normalized spacial score (nSPS) is 10.4. The first-order valence-electron chi connectivity index (χ1n) is 7.06. The second kappa shape index (κ2) is 6.26. The summed E-state index contributed by atoms with van der Waals surface area (Å²) >= 11 is 0. The Labute approximate surface area is 128 Å². The van der Waals surface area contributed by atoms with Crippen molar-refractivity contribution in [1.29, 1.82) is 0 Å². The van der Waals surface area contributed by atoms with Crippen molar-refractivity contribution in [3.8, 4) is 17.1 Å². The maximum Gasteiger partial charge on any atom is 0.251 e. The van der Waals surface area contributed by atoms with Gasteiger partial charge in [0.15, 0.2) is 0 Å². The van der Waals surface area contributed by atoms with Crippen LogP contribution in [-0.2, 0) is 6.61 Å². The van der Waals surface area contributed by atoms with Gasteiger partial charge in [0.2, 0.25) is 0 Å². The van der Waals surface area contributed by atoms with Crippen LogP contribution in [0.5, 0.6) is 5.75 Å². The van der Waals surface area contributed by atoms with Gasteiger partial charge in [0.1, 0.15) is 18.2 Å².